The van der Waals surface area contributed by atoms with Gasteiger partial charge in [-0.3, -0.25) is 0 Å². The molecule has 2 aromatic rings. The Kier molecular flexibility index (Phi) is 4.16. The number of nitriles is 1. The van der Waals surface area contributed by atoms with Crippen molar-refractivity contribution >= 4 is 41.1 Å². The van der Waals surface area contributed by atoms with Crippen LogP contribution in [-0.2, 0) is 9.53 Å². The summed E-state index contributed by atoms with van der Waals surface area (Å²) in [6, 6.07) is 13.7. The van der Waals surface area contributed by atoms with Crippen molar-refractivity contribution in [3.63, 3.8) is 0 Å². The Balaban J connectivity index is 1.98. The second-order valence-electron chi connectivity index (χ2n) is 4.70. The van der Waals surface area contributed by atoms with Crippen LogP contribution in [0.1, 0.15) is 16.7 Å². The Morgan fingerprint density at radius 2 is 2.00 bits per heavy atom. The van der Waals surface area contributed by atoms with Gasteiger partial charge in [0, 0.05) is 5.02 Å². The molecule has 0 atom stereocenters. The number of esters is 1. The zero-order chi connectivity index (χ0) is 16.4. The Morgan fingerprint density at radius 3 is 2.74 bits per heavy atom. The van der Waals surface area contributed by atoms with Crippen LogP contribution in [0.25, 0.3) is 6.08 Å². The summed E-state index contributed by atoms with van der Waals surface area (Å²) >= 11 is 11.9. The van der Waals surface area contributed by atoms with Gasteiger partial charge < -0.3 is 4.74 Å². The number of benzene rings is 2. The number of ether oxygens (including phenoxy) is 1. The summed E-state index contributed by atoms with van der Waals surface area (Å²) in [6.45, 7) is 0. The van der Waals surface area contributed by atoms with Crippen LogP contribution in [0.4, 0.5) is 0 Å². The molecule has 0 spiro atoms. The van der Waals surface area contributed by atoms with Gasteiger partial charge in [0.15, 0.2) is 5.70 Å². The second-order valence-corrected chi connectivity index (χ2v) is 5.54. The maximum Gasteiger partial charge on any atom is 0.363 e. The van der Waals surface area contributed by atoms with Gasteiger partial charge >= 0.3 is 5.97 Å². The summed E-state index contributed by atoms with van der Waals surface area (Å²) < 4.78 is 5.16. The monoisotopic (exact) mass is 342 g/mol. The first-order valence-corrected chi connectivity index (χ1v) is 7.30. The maximum absolute atomic E-state index is 12.0. The lowest BCUT2D eigenvalue weighted by Crippen LogP contribution is -2.05. The van der Waals surface area contributed by atoms with Crippen LogP contribution >= 0.6 is 23.2 Å². The van der Waals surface area contributed by atoms with E-state index in [0.29, 0.717) is 26.7 Å². The molecule has 0 bridgehead atoms. The third kappa shape index (κ3) is 3.26. The molecule has 3 rings (SSSR count). The molecule has 0 unspecified atom stereocenters. The molecule has 0 aliphatic carbocycles. The fraction of sp³-hybridized carbons (Fsp3) is 0. The minimum absolute atomic E-state index is 0.124. The smallest absolute Gasteiger partial charge is 0.363 e. The van der Waals surface area contributed by atoms with Crippen molar-refractivity contribution < 1.29 is 9.53 Å². The zero-order valence-corrected chi connectivity index (χ0v) is 13.1. The number of rotatable bonds is 2. The van der Waals surface area contributed by atoms with Crippen molar-refractivity contribution in [3.8, 4) is 6.07 Å². The van der Waals surface area contributed by atoms with Crippen LogP contribution in [0, 0.1) is 11.3 Å². The molecule has 1 heterocycles. The molecule has 1 aliphatic rings. The largest absolute Gasteiger partial charge is 0.402 e. The lowest BCUT2D eigenvalue weighted by Gasteiger charge is -2.02. The number of aliphatic imine (C=N–C) groups is 1. The van der Waals surface area contributed by atoms with E-state index in [-0.39, 0.29) is 11.6 Å². The Morgan fingerprint density at radius 1 is 1.17 bits per heavy atom. The lowest BCUT2D eigenvalue weighted by molar-refractivity contribution is -0.129. The highest BCUT2D eigenvalue weighted by Gasteiger charge is 2.25. The van der Waals surface area contributed by atoms with E-state index in [1.54, 1.807) is 48.5 Å². The summed E-state index contributed by atoms with van der Waals surface area (Å²) in [5.74, 6) is -0.451. The highest BCUT2D eigenvalue weighted by molar-refractivity contribution is 6.37. The van der Waals surface area contributed by atoms with Gasteiger partial charge in [0.25, 0.3) is 0 Å². The molecule has 0 fully saturated rings. The maximum atomic E-state index is 12.0. The molecule has 6 heteroatoms. The summed E-state index contributed by atoms with van der Waals surface area (Å²) in [7, 11) is 0. The topological polar surface area (TPSA) is 62.4 Å². The van der Waals surface area contributed by atoms with Gasteiger partial charge in [-0.1, -0.05) is 35.3 Å². The quantitative estimate of drug-likeness (QED) is 0.606. The molecular formula is C17H8Cl2N2O2. The summed E-state index contributed by atoms with van der Waals surface area (Å²) in [5.41, 5.74) is 1.80. The Bertz CT molecular complexity index is 911. The average molecular weight is 343 g/mol. The lowest BCUT2D eigenvalue weighted by atomic mass is 10.1. The van der Waals surface area contributed by atoms with Gasteiger partial charge in [0.1, 0.15) is 0 Å². The molecule has 1 aliphatic heterocycles. The molecule has 0 radical (unpaired) electrons. The number of carbonyl (C=O) groups is 1. The molecule has 2 aromatic carbocycles. The molecule has 112 valence electrons. The third-order valence-electron chi connectivity index (χ3n) is 3.10. The average Bonchev–Trinajstić information content (AvgIpc) is 2.88. The predicted octanol–water partition coefficient (Wildman–Crippen LogP) is 4.21. The first-order chi connectivity index (χ1) is 11.1. The Hall–Kier alpha value is -2.61. The van der Waals surface area contributed by atoms with Crippen molar-refractivity contribution in [2.75, 3.05) is 0 Å². The fourth-order valence-corrected chi connectivity index (χ4v) is 2.53. The molecule has 0 saturated carbocycles. The van der Waals surface area contributed by atoms with Gasteiger partial charge in [-0.15, -0.1) is 0 Å². The minimum atomic E-state index is -0.576. The highest BCUT2D eigenvalue weighted by atomic mass is 35.5. The number of hydrogen-bond donors (Lipinski definition) is 0. The fourth-order valence-electron chi connectivity index (χ4n) is 2.04. The van der Waals surface area contributed by atoms with Gasteiger partial charge in [-0.2, -0.15) is 5.26 Å². The molecule has 0 saturated heterocycles. The van der Waals surface area contributed by atoms with E-state index in [4.69, 9.17) is 33.2 Å². The van der Waals surface area contributed by atoms with Crippen molar-refractivity contribution in [1.82, 2.24) is 0 Å². The number of nitrogens with zero attached hydrogens (tertiary/aromatic N) is 2. The van der Waals surface area contributed by atoms with E-state index in [2.05, 4.69) is 4.99 Å². The summed E-state index contributed by atoms with van der Waals surface area (Å²) in [6.07, 6.45) is 1.56. The number of cyclic esters (lactones) is 1. The van der Waals surface area contributed by atoms with Crippen LogP contribution in [0.5, 0.6) is 0 Å². The van der Waals surface area contributed by atoms with Gasteiger partial charge in [-0.25, -0.2) is 9.79 Å². The predicted molar refractivity (Wildman–Crippen MR) is 88.2 cm³/mol. The van der Waals surface area contributed by atoms with Crippen LogP contribution in [0.15, 0.2) is 53.2 Å². The normalized spacial score (nSPS) is 15.3. The molecule has 0 amide bonds. The Labute approximate surface area is 142 Å². The van der Waals surface area contributed by atoms with E-state index in [1.165, 1.54) is 0 Å². The molecular weight excluding hydrogens is 335 g/mol. The molecule has 0 N–H and O–H groups in total. The minimum Gasteiger partial charge on any atom is -0.402 e. The van der Waals surface area contributed by atoms with Crippen LogP contribution in [0.3, 0.4) is 0 Å². The molecule has 23 heavy (non-hydrogen) atoms. The van der Waals surface area contributed by atoms with Crippen LogP contribution < -0.4 is 0 Å². The number of carbonyl (C=O) groups excluding carboxylic acids is 1. The van der Waals surface area contributed by atoms with Gasteiger partial charge in [0.2, 0.25) is 5.90 Å². The third-order valence-corrected chi connectivity index (χ3v) is 3.65. The van der Waals surface area contributed by atoms with Crippen molar-refractivity contribution in [3.05, 3.63) is 74.9 Å². The summed E-state index contributed by atoms with van der Waals surface area (Å²) in [5, 5.41) is 9.73. The standard InChI is InChI=1S/C17H8Cl2N2O2/c18-12-4-5-13(14(19)8-12)16-21-15(17(22)23-16)7-10-2-1-3-11(6-10)9-20/h1-8H/b15-7-. The van der Waals surface area contributed by atoms with Crippen molar-refractivity contribution in [2.45, 2.75) is 0 Å². The molecule has 4 nitrogen and oxygen atoms in total. The zero-order valence-electron chi connectivity index (χ0n) is 11.6. The molecule has 0 aromatic heterocycles. The van der Waals surface area contributed by atoms with Gasteiger partial charge in [-0.05, 0) is 42.0 Å². The highest BCUT2D eigenvalue weighted by Crippen LogP contribution is 2.26. The van der Waals surface area contributed by atoms with E-state index in [9.17, 15) is 4.79 Å². The first-order valence-electron chi connectivity index (χ1n) is 6.55. The van der Waals surface area contributed by atoms with Crippen molar-refractivity contribution in [2.24, 2.45) is 4.99 Å². The number of hydrogen-bond acceptors (Lipinski definition) is 4. The SMILES string of the molecule is N#Cc1cccc(/C=C2\N=C(c3ccc(Cl)cc3Cl)OC2=O)c1. The van der Waals surface area contributed by atoms with E-state index < -0.39 is 5.97 Å². The summed E-state index contributed by atoms with van der Waals surface area (Å²) in [4.78, 5) is 16.1. The van der Waals surface area contributed by atoms with E-state index in [1.807, 2.05) is 6.07 Å². The van der Waals surface area contributed by atoms with Crippen LogP contribution in [-0.4, -0.2) is 11.9 Å². The van der Waals surface area contributed by atoms with Crippen molar-refractivity contribution in [1.29, 1.82) is 5.26 Å². The van der Waals surface area contributed by atoms with Crippen LogP contribution in [0.2, 0.25) is 10.0 Å². The van der Waals surface area contributed by atoms with E-state index in [0.717, 1.165) is 0 Å². The second kappa shape index (κ2) is 6.25. The van der Waals surface area contributed by atoms with Gasteiger partial charge in [0.05, 0.1) is 22.2 Å². The number of halogens is 2. The van der Waals surface area contributed by atoms with E-state index >= 15 is 0 Å². The first kappa shape index (κ1) is 15.3.